The molecule has 2 aromatic heterocycles. The topological polar surface area (TPSA) is 55.2 Å². The van der Waals surface area contributed by atoms with Crippen molar-refractivity contribution in [1.29, 1.82) is 0 Å². The van der Waals surface area contributed by atoms with Crippen LogP contribution in [0.1, 0.15) is 44.4 Å². The van der Waals surface area contributed by atoms with Gasteiger partial charge in [0, 0.05) is 0 Å². The van der Waals surface area contributed by atoms with Gasteiger partial charge in [0.1, 0.15) is 0 Å². The Morgan fingerprint density at radius 2 is 1.86 bits per heavy atom. The van der Waals surface area contributed by atoms with E-state index in [-0.39, 0.29) is 36.1 Å². The predicted octanol–water partition coefficient (Wildman–Crippen LogP) is 4.76. The summed E-state index contributed by atoms with van der Waals surface area (Å²) in [7, 11) is 0. The molecule has 0 saturated heterocycles. The molecular weight excluding hydrogens is 439 g/mol. The van der Waals surface area contributed by atoms with Gasteiger partial charge in [-0.2, -0.15) is 0 Å². The van der Waals surface area contributed by atoms with E-state index in [1.807, 2.05) is 13.8 Å². The van der Waals surface area contributed by atoms with Crippen LogP contribution < -0.4 is 4.74 Å². The number of halogens is 4. The molecule has 0 aliphatic rings. The van der Waals surface area contributed by atoms with Crippen LogP contribution in [0.5, 0.6) is 5.75 Å². The Morgan fingerprint density at radius 1 is 1.14 bits per heavy atom. The molecule has 0 aliphatic heterocycles. The molecule has 2 rings (SSSR count). The minimum absolute atomic E-state index is 0.0210. The summed E-state index contributed by atoms with van der Waals surface area (Å²) in [5.41, 5.74) is -0.466. The quantitative estimate of drug-likeness (QED) is 0.433. The third kappa shape index (κ3) is 5.92. The van der Waals surface area contributed by atoms with E-state index in [1.54, 1.807) is 0 Å². The fourth-order valence-corrected chi connectivity index (χ4v) is 3.68. The Kier molecular flexibility index (Phi) is 7.84. The summed E-state index contributed by atoms with van der Waals surface area (Å²) in [6.07, 6.45) is -2.64. The Balaban J connectivity index is 2.29. The average molecular weight is 460 g/mol. The Hall–Kier alpha value is -1.66. The van der Waals surface area contributed by atoms with Gasteiger partial charge in [-0.3, -0.25) is 0 Å². The van der Waals surface area contributed by atoms with Crippen molar-refractivity contribution in [3.05, 3.63) is 41.9 Å². The first-order chi connectivity index (χ1) is 13.1. The number of rotatable bonds is 9. The van der Waals surface area contributed by atoms with Crippen LogP contribution in [0.25, 0.3) is 11.3 Å². The number of hydrogen-bond donors (Lipinski definition) is 1. The predicted molar refractivity (Wildman–Crippen MR) is 97.9 cm³/mol. The first-order valence-electron chi connectivity index (χ1n) is 8.64. The van der Waals surface area contributed by atoms with Crippen LogP contribution in [0.2, 0.25) is 4.20 Å². The Morgan fingerprint density at radius 3 is 2.43 bits per heavy atom. The Labute approximate surface area is 169 Å². The van der Waals surface area contributed by atoms with Gasteiger partial charge in [-0.1, -0.05) is 0 Å². The van der Waals surface area contributed by atoms with Crippen molar-refractivity contribution in [2.75, 3.05) is 13.2 Å². The second kappa shape index (κ2) is 9.70. The van der Waals surface area contributed by atoms with Crippen LogP contribution in [0, 0.1) is 5.92 Å². The third-order valence-corrected chi connectivity index (χ3v) is 4.96. The molecular formula is C19H21AsF4N2O2. The van der Waals surface area contributed by atoms with E-state index < -0.39 is 28.3 Å². The number of alkyl halides is 4. The van der Waals surface area contributed by atoms with E-state index in [1.165, 1.54) is 12.3 Å². The van der Waals surface area contributed by atoms with Crippen molar-refractivity contribution in [3.8, 4) is 17.0 Å². The zero-order chi connectivity index (χ0) is 20.9. The summed E-state index contributed by atoms with van der Waals surface area (Å²) in [4.78, 5) is 7.63. The molecule has 0 bridgehead atoms. The number of ether oxygens (including phenoxy) is 1. The zero-order valence-corrected chi connectivity index (χ0v) is 17.3. The molecule has 0 aliphatic carbocycles. The zero-order valence-electron chi connectivity index (χ0n) is 15.4. The number of hydrogen-bond acceptors (Lipinski definition) is 4. The fraction of sp³-hybridized carbons (Fsp3) is 0.474. The number of pyridine rings is 2. The normalized spacial score (nSPS) is 14.0. The van der Waals surface area contributed by atoms with Crippen molar-refractivity contribution in [1.82, 2.24) is 9.97 Å². The van der Waals surface area contributed by atoms with E-state index in [0.717, 1.165) is 18.3 Å². The molecule has 1 atom stereocenters. The van der Waals surface area contributed by atoms with Gasteiger partial charge < -0.3 is 0 Å². The van der Waals surface area contributed by atoms with Gasteiger partial charge in [0.25, 0.3) is 0 Å². The summed E-state index contributed by atoms with van der Waals surface area (Å²) in [6, 6.07) is 3.66. The summed E-state index contributed by atoms with van der Waals surface area (Å²) in [6.45, 7) is 3.82. The molecule has 152 valence electrons. The van der Waals surface area contributed by atoms with Gasteiger partial charge in [-0.25, -0.2) is 0 Å². The van der Waals surface area contributed by atoms with Crippen LogP contribution in [0.15, 0.2) is 30.6 Å². The van der Waals surface area contributed by atoms with Gasteiger partial charge in [0.15, 0.2) is 0 Å². The van der Waals surface area contributed by atoms with E-state index in [0.29, 0.717) is 6.42 Å². The van der Waals surface area contributed by atoms with Crippen molar-refractivity contribution in [2.45, 2.75) is 37.3 Å². The minimum atomic E-state index is -2.84. The van der Waals surface area contributed by atoms with E-state index in [4.69, 9.17) is 4.74 Å². The van der Waals surface area contributed by atoms with Gasteiger partial charge in [0.05, 0.1) is 0 Å². The summed E-state index contributed by atoms with van der Waals surface area (Å²) in [5, 5.41) is 9.63. The number of aliphatic hydroxyl groups is 1. The van der Waals surface area contributed by atoms with Crippen LogP contribution in [0.4, 0.5) is 17.6 Å². The molecule has 0 amide bonds. The van der Waals surface area contributed by atoms with Gasteiger partial charge in [-0.05, 0) is 0 Å². The average Bonchev–Trinajstić information content (AvgIpc) is 2.65. The second-order valence-corrected chi connectivity index (χ2v) is 8.94. The van der Waals surface area contributed by atoms with Crippen LogP contribution >= 0.6 is 0 Å². The van der Waals surface area contributed by atoms with Gasteiger partial charge in [-0.15, -0.1) is 0 Å². The van der Waals surface area contributed by atoms with E-state index in [9.17, 15) is 22.7 Å². The fourth-order valence-electron chi connectivity index (χ4n) is 2.78. The van der Waals surface area contributed by atoms with E-state index >= 15 is 0 Å². The Bertz CT molecular complexity index is 792. The van der Waals surface area contributed by atoms with Crippen molar-refractivity contribution >= 4 is 16.9 Å². The molecule has 4 nitrogen and oxygen atoms in total. The molecule has 0 aromatic carbocycles. The first kappa shape index (κ1) is 22.6. The first-order valence-corrected chi connectivity index (χ1v) is 9.57. The van der Waals surface area contributed by atoms with Gasteiger partial charge in [0.2, 0.25) is 0 Å². The molecule has 9 heteroatoms. The van der Waals surface area contributed by atoms with Crippen LogP contribution in [-0.2, 0) is 0 Å². The molecule has 2 heterocycles. The summed E-state index contributed by atoms with van der Waals surface area (Å²) in [5.74, 6) is 0.180. The molecule has 28 heavy (non-hydrogen) atoms. The molecule has 2 radical (unpaired) electrons. The molecule has 0 saturated carbocycles. The number of aromatic nitrogens is 2. The third-order valence-electron chi connectivity index (χ3n) is 4.01. The maximum absolute atomic E-state index is 13.5. The second-order valence-electron chi connectivity index (χ2n) is 6.95. The van der Waals surface area contributed by atoms with Crippen molar-refractivity contribution < 1.29 is 27.4 Å². The molecule has 0 spiro atoms. The SMILES string of the molecule is CC(C)C[C@]([As])(CO)COc1cnc(-c2ccnc(C(F)F)c2)cc1C(F)F. The van der Waals surface area contributed by atoms with Crippen LogP contribution in [-0.4, -0.2) is 45.1 Å². The standard InChI is InChI=1S/C19H21AsF4N2O2/c1-11(2)7-19(20,9-27)10-28-16-8-26-14(6-13(16)17(21)22)12-3-4-25-15(5-12)18(23)24/h3-6,8,11,17-18,27H,7,9-10H2,1-2H3/t19-/m0/s1. The number of aliphatic hydroxyl groups excluding tert-OH is 1. The van der Waals surface area contributed by atoms with E-state index in [2.05, 4.69) is 26.8 Å². The number of nitrogens with zero attached hydrogens (tertiary/aromatic N) is 2. The molecule has 1 N–H and O–H groups in total. The summed E-state index contributed by atoms with van der Waals surface area (Å²) < 4.78 is 57.7. The monoisotopic (exact) mass is 460 g/mol. The van der Waals surface area contributed by atoms with Crippen molar-refractivity contribution in [2.24, 2.45) is 5.92 Å². The van der Waals surface area contributed by atoms with Gasteiger partial charge >= 0.3 is 170 Å². The maximum atomic E-state index is 13.5. The molecule has 2 aromatic rings. The van der Waals surface area contributed by atoms with Crippen molar-refractivity contribution in [3.63, 3.8) is 0 Å². The summed E-state index contributed by atoms with van der Waals surface area (Å²) >= 11 is 2.35. The molecule has 0 unspecified atom stereocenters. The molecule has 0 fully saturated rings. The van der Waals surface area contributed by atoms with Crippen LogP contribution in [0.3, 0.4) is 0 Å².